The van der Waals surface area contributed by atoms with Gasteiger partial charge in [0.15, 0.2) is 5.16 Å². The first-order chi connectivity index (χ1) is 15.7. The lowest BCUT2D eigenvalue weighted by molar-refractivity contribution is -0.117. The summed E-state index contributed by atoms with van der Waals surface area (Å²) >= 11 is 2.75. The van der Waals surface area contributed by atoms with Crippen molar-refractivity contribution in [2.45, 2.75) is 64.6 Å². The topological polar surface area (TPSA) is 93.1 Å². The lowest BCUT2D eigenvalue weighted by atomic mass is 9.97. The second-order valence-corrected chi connectivity index (χ2v) is 10.7. The number of amides is 3. The molecule has 4 rings (SSSR count). The molecule has 174 valence electrons. The van der Waals surface area contributed by atoms with E-state index in [0.29, 0.717) is 10.5 Å². The van der Waals surface area contributed by atoms with Crippen molar-refractivity contribution in [2.75, 3.05) is 5.75 Å². The number of rotatable bonds is 5. The van der Waals surface area contributed by atoms with Crippen LogP contribution in [0.15, 0.2) is 28.2 Å². The van der Waals surface area contributed by atoms with E-state index >= 15 is 0 Å². The van der Waals surface area contributed by atoms with Gasteiger partial charge in [-0.3, -0.25) is 19.5 Å². The van der Waals surface area contributed by atoms with Gasteiger partial charge in [0.1, 0.15) is 4.83 Å². The SMILES string of the molecule is Cc1ccc(-n2c(SCC(=O)NC(=O)NC(C)C)nc3sc4c(c3c2=O)CCCC4)cc1C. The molecule has 0 saturated heterocycles. The lowest BCUT2D eigenvalue weighted by Gasteiger charge is -2.15. The van der Waals surface area contributed by atoms with Crippen LogP contribution in [0.1, 0.15) is 48.3 Å². The molecule has 1 aromatic carbocycles. The minimum Gasteiger partial charge on any atom is -0.336 e. The van der Waals surface area contributed by atoms with E-state index in [0.717, 1.165) is 64.7 Å². The van der Waals surface area contributed by atoms with Crippen LogP contribution in [-0.4, -0.2) is 33.3 Å². The third-order valence-corrected chi connectivity index (χ3v) is 7.84. The van der Waals surface area contributed by atoms with Gasteiger partial charge in [0, 0.05) is 10.9 Å². The highest BCUT2D eigenvalue weighted by molar-refractivity contribution is 7.99. The zero-order valence-electron chi connectivity index (χ0n) is 19.3. The number of aromatic nitrogens is 2. The van der Waals surface area contributed by atoms with Crippen molar-refractivity contribution < 1.29 is 9.59 Å². The number of benzene rings is 1. The summed E-state index contributed by atoms with van der Waals surface area (Å²) < 4.78 is 1.61. The van der Waals surface area contributed by atoms with E-state index in [-0.39, 0.29) is 17.4 Å². The molecule has 1 aliphatic rings. The third-order valence-electron chi connectivity index (χ3n) is 5.71. The summed E-state index contributed by atoms with van der Waals surface area (Å²) in [4.78, 5) is 44.8. The van der Waals surface area contributed by atoms with Gasteiger partial charge >= 0.3 is 6.03 Å². The Morgan fingerprint density at radius 2 is 1.94 bits per heavy atom. The van der Waals surface area contributed by atoms with Crippen molar-refractivity contribution in [3.05, 3.63) is 50.1 Å². The summed E-state index contributed by atoms with van der Waals surface area (Å²) in [7, 11) is 0. The summed E-state index contributed by atoms with van der Waals surface area (Å²) in [5.41, 5.74) is 3.98. The quantitative estimate of drug-likeness (QED) is 0.417. The Bertz CT molecular complexity index is 1290. The number of aryl methyl sites for hydroxylation is 4. The molecule has 0 spiro atoms. The van der Waals surface area contributed by atoms with E-state index < -0.39 is 11.9 Å². The molecule has 2 N–H and O–H groups in total. The molecule has 33 heavy (non-hydrogen) atoms. The number of hydrogen-bond acceptors (Lipinski definition) is 6. The first-order valence-electron chi connectivity index (χ1n) is 11.1. The number of thioether (sulfide) groups is 1. The third kappa shape index (κ3) is 4.99. The van der Waals surface area contributed by atoms with E-state index in [2.05, 4.69) is 10.6 Å². The molecular weight excluding hydrogens is 456 g/mol. The van der Waals surface area contributed by atoms with Crippen LogP contribution in [-0.2, 0) is 17.6 Å². The highest BCUT2D eigenvalue weighted by Crippen LogP contribution is 2.35. The fraction of sp³-hybridized carbons (Fsp3) is 0.417. The molecule has 0 aliphatic heterocycles. The molecule has 9 heteroatoms. The second-order valence-electron chi connectivity index (χ2n) is 8.66. The van der Waals surface area contributed by atoms with Crippen LogP contribution < -0.4 is 16.2 Å². The van der Waals surface area contributed by atoms with Crippen LogP contribution in [0, 0.1) is 13.8 Å². The maximum atomic E-state index is 13.8. The maximum absolute atomic E-state index is 13.8. The molecule has 0 fully saturated rings. The van der Waals surface area contributed by atoms with Gasteiger partial charge in [0.05, 0.1) is 16.8 Å². The van der Waals surface area contributed by atoms with Gasteiger partial charge in [-0.1, -0.05) is 17.8 Å². The van der Waals surface area contributed by atoms with Crippen LogP contribution in [0.25, 0.3) is 15.9 Å². The van der Waals surface area contributed by atoms with Crippen molar-refractivity contribution >= 4 is 45.3 Å². The molecule has 0 unspecified atom stereocenters. The van der Waals surface area contributed by atoms with Crippen LogP contribution in [0.2, 0.25) is 0 Å². The predicted molar refractivity (Wildman–Crippen MR) is 134 cm³/mol. The Morgan fingerprint density at radius 3 is 2.67 bits per heavy atom. The molecule has 7 nitrogen and oxygen atoms in total. The molecule has 0 radical (unpaired) electrons. The Morgan fingerprint density at radius 1 is 1.18 bits per heavy atom. The van der Waals surface area contributed by atoms with Crippen LogP contribution in [0.5, 0.6) is 0 Å². The number of nitrogens with one attached hydrogen (secondary N) is 2. The second kappa shape index (κ2) is 9.69. The van der Waals surface area contributed by atoms with Gasteiger partial charge in [-0.15, -0.1) is 11.3 Å². The first-order valence-corrected chi connectivity index (χ1v) is 12.9. The number of carbonyl (C=O) groups excluding carboxylic acids is 2. The molecule has 3 amide bonds. The Kier molecular flexibility index (Phi) is 6.90. The van der Waals surface area contributed by atoms with E-state index in [1.54, 1.807) is 15.9 Å². The van der Waals surface area contributed by atoms with Gasteiger partial charge in [0.25, 0.3) is 5.56 Å². The van der Waals surface area contributed by atoms with Crippen molar-refractivity contribution in [3.63, 3.8) is 0 Å². The summed E-state index contributed by atoms with van der Waals surface area (Å²) in [6.45, 7) is 7.68. The van der Waals surface area contributed by atoms with E-state index in [1.807, 2.05) is 45.9 Å². The molecule has 3 aromatic rings. The van der Waals surface area contributed by atoms with Crippen molar-refractivity contribution in [1.82, 2.24) is 20.2 Å². The van der Waals surface area contributed by atoms with Crippen molar-refractivity contribution in [2.24, 2.45) is 0 Å². The summed E-state index contributed by atoms with van der Waals surface area (Å²) in [5, 5.41) is 6.12. The predicted octanol–water partition coefficient (Wildman–Crippen LogP) is 4.27. The van der Waals surface area contributed by atoms with E-state index in [4.69, 9.17) is 4.98 Å². The van der Waals surface area contributed by atoms with Gasteiger partial charge in [0.2, 0.25) is 5.91 Å². The Hall–Kier alpha value is -2.65. The highest BCUT2D eigenvalue weighted by Gasteiger charge is 2.23. The summed E-state index contributed by atoms with van der Waals surface area (Å²) in [6.07, 6.45) is 4.09. The molecule has 0 saturated carbocycles. The van der Waals surface area contributed by atoms with E-state index in [1.165, 1.54) is 4.88 Å². The monoisotopic (exact) mass is 484 g/mol. The number of fused-ring (bicyclic) bond motifs is 3. The van der Waals surface area contributed by atoms with Gasteiger partial charge in [-0.25, -0.2) is 9.78 Å². The maximum Gasteiger partial charge on any atom is 0.321 e. The number of nitrogens with zero attached hydrogens (tertiary/aromatic N) is 2. The number of imide groups is 1. The van der Waals surface area contributed by atoms with Crippen LogP contribution in [0.3, 0.4) is 0 Å². The van der Waals surface area contributed by atoms with Crippen LogP contribution in [0.4, 0.5) is 4.79 Å². The lowest BCUT2D eigenvalue weighted by Crippen LogP contribution is -2.43. The number of carbonyl (C=O) groups is 2. The van der Waals surface area contributed by atoms with Crippen molar-refractivity contribution in [1.29, 1.82) is 0 Å². The summed E-state index contributed by atoms with van der Waals surface area (Å²) in [6, 6.07) is 5.27. The van der Waals surface area contributed by atoms with Gasteiger partial charge < -0.3 is 5.32 Å². The average molecular weight is 485 g/mol. The Labute approximate surface area is 201 Å². The van der Waals surface area contributed by atoms with Crippen molar-refractivity contribution in [3.8, 4) is 5.69 Å². The fourth-order valence-corrected chi connectivity index (χ4v) is 6.08. The minimum atomic E-state index is -0.531. The Balaban J connectivity index is 1.74. The largest absolute Gasteiger partial charge is 0.336 e. The summed E-state index contributed by atoms with van der Waals surface area (Å²) in [5.74, 6) is -0.469. The number of hydrogen-bond donors (Lipinski definition) is 2. The highest BCUT2D eigenvalue weighted by atomic mass is 32.2. The average Bonchev–Trinajstić information content (AvgIpc) is 3.12. The molecular formula is C24H28N4O3S2. The fourth-order valence-electron chi connectivity index (χ4n) is 3.97. The van der Waals surface area contributed by atoms with Gasteiger partial charge in [-0.2, -0.15) is 0 Å². The zero-order chi connectivity index (χ0) is 23.7. The van der Waals surface area contributed by atoms with E-state index in [9.17, 15) is 14.4 Å². The normalized spacial score (nSPS) is 13.2. The molecule has 2 aromatic heterocycles. The number of urea groups is 1. The molecule has 1 aliphatic carbocycles. The molecule has 0 bridgehead atoms. The smallest absolute Gasteiger partial charge is 0.321 e. The molecule has 2 heterocycles. The standard InChI is InChI=1S/C24H28N4O3S2/c1-13(2)25-23(31)26-19(29)12-32-24-27-21-20(17-7-5-6-8-18(17)33-21)22(30)28(24)16-10-9-14(3)15(4)11-16/h9-11,13H,5-8,12H2,1-4H3,(H2,25,26,29,31). The van der Waals surface area contributed by atoms with Crippen LogP contribution >= 0.6 is 23.1 Å². The molecule has 0 atom stereocenters. The van der Waals surface area contributed by atoms with Gasteiger partial charge in [-0.05, 0) is 82.2 Å². The first kappa shape index (κ1) is 23.5. The number of thiophene rings is 1. The minimum absolute atomic E-state index is 0.0284. The zero-order valence-corrected chi connectivity index (χ0v) is 20.9.